The van der Waals surface area contributed by atoms with Crippen LogP contribution in [0.3, 0.4) is 0 Å². The molecule has 25 heavy (non-hydrogen) atoms. The summed E-state index contributed by atoms with van der Waals surface area (Å²) < 4.78 is 17.8. The van der Waals surface area contributed by atoms with Crippen molar-refractivity contribution < 1.29 is 8.95 Å². The van der Waals surface area contributed by atoms with Crippen LogP contribution < -0.4 is 15.4 Å². The molecule has 1 aromatic carbocycles. The summed E-state index contributed by atoms with van der Waals surface area (Å²) in [7, 11) is 0.859. The summed E-state index contributed by atoms with van der Waals surface area (Å²) in [5.74, 6) is 2.19. The number of ether oxygens (including phenoxy) is 1. The molecular weight excluding hydrogens is 334 g/mol. The predicted octanol–water partition coefficient (Wildman–Crippen LogP) is 2.99. The summed E-state index contributed by atoms with van der Waals surface area (Å²) in [6.07, 6.45) is 0.130. The summed E-state index contributed by atoms with van der Waals surface area (Å²) in [4.78, 5) is 4.22. The molecule has 1 atom stereocenters. The van der Waals surface area contributed by atoms with Crippen molar-refractivity contribution in [2.24, 2.45) is 4.99 Å². The van der Waals surface area contributed by atoms with Crippen LogP contribution in [-0.4, -0.2) is 40.4 Å². The SMILES string of the molecule is CN=C(NCCS(=O)C(C)(C)C)NCc1ccc(C)cc1OC(C)C. The number of guanidine groups is 1. The van der Waals surface area contributed by atoms with Crippen LogP contribution in [0.15, 0.2) is 23.2 Å². The summed E-state index contributed by atoms with van der Waals surface area (Å²) in [5, 5.41) is 6.51. The second-order valence-electron chi connectivity index (χ2n) is 7.29. The van der Waals surface area contributed by atoms with E-state index in [-0.39, 0.29) is 10.9 Å². The van der Waals surface area contributed by atoms with E-state index in [4.69, 9.17) is 4.74 Å². The molecule has 0 fully saturated rings. The standard InChI is InChI=1S/C19H33N3O2S/c1-14(2)24-17-12-15(3)8-9-16(17)13-22-18(20-7)21-10-11-25(23)19(4,5)6/h8-9,12,14H,10-11,13H2,1-7H3,(H2,20,21,22). The van der Waals surface area contributed by atoms with Crippen molar-refractivity contribution in [2.75, 3.05) is 19.3 Å². The van der Waals surface area contributed by atoms with Gasteiger partial charge in [-0.15, -0.1) is 0 Å². The van der Waals surface area contributed by atoms with Crippen LogP contribution in [-0.2, 0) is 17.3 Å². The third kappa shape index (κ3) is 7.90. The van der Waals surface area contributed by atoms with Crippen LogP contribution in [0, 0.1) is 6.92 Å². The summed E-state index contributed by atoms with van der Waals surface area (Å²) in [5.41, 5.74) is 2.26. The zero-order valence-electron chi connectivity index (χ0n) is 16.6. The van der Waals surface area contributed by atoms with Crippen LogP contribution in [0.4, 0.5) is 0 Å². The smallest absolute Gasteiger partial charge is 0.191 e. The zero-order chi connectivity index (χ0) is 19.0. The van der Waals surface area contributed by atoms with E-state index in [1.165, 1.54) is 5.56 Å². The Bertz CT molecular complexity index is 607. The minimum absolute atomic E-state index is 0.130. The molecule has 0 saturated carbocycles. The monoisotopic (exact) mass is 367 g/mol. The van der Waals surface area contributed by atoms with Crippen LogP contribution in [0.5, 0.6) is 5.75 Å². The largest absolute Gasteiger partial charge is 0.491 e. The van der Waals surface area contributed by atoms with Gasteiger partial charge in [-0.3, -0.25) is 9.20 Å². The molecule has 2 N–H and O–H groups in total. The fraction of sp³-hybridized carbons (Fsp3) is 0.632. The lowest BCUT2D eigenvalue weighted by Crippen LogP contribution is -2.40. The first-order valence-electron chi connectivity index (χ1n) is 8.72. The molecule has 0 aliphatic rings. The normalized spacial score (nSPS) is 13.7. The molecule has 1 rings (SSSR count). The minimum atomic E-state index is -0.874. The highest BCUT2D eigenvalue weighted by molar-refractivity contribution is 7.86. The molecule has 0 aliphatic carbocycles. The summed E-state index contributed by atoms with van der Waals surface area (Å²) >= 11 is 0. The molecule has 0 amide bonds. The second kappa shape index (κ2) is 9.80. The summed E-state index contributed by atoms with van der Waals surface area (Å²) in [6.45, 7) is 13.3. The molecular formula is C19H33N3O2S. The van der Waals surface area contributed by atoms with Crippen LogP contribution in [0.25, 0.3) is 0 Å². The number of benzene rings is 1. The van der Waals surface area contributed by atoms with Gasteiger partial charge in [0.05, 0.1) is 6.10 Å². The van der Waals surface area contributed by atoms with E-state index >= 15 is 0 Å². The van der Waals surface area contributed by atoms with Gasteiger partial charge in [0.25, 0.3) is 0 Å². The van der Waals surface area contributed by atoms with E-state index in [2.05, 4.69) is 40.7 Å². The van der Waals surface area contributed by atoms with Gasteiger partial charge in [-0.25, -0.2) is 0 Å². The van der Waals surface area contributed by atoms with E-state index in [0.29, 0.717) is 24.8 Å². The van der Waals surface area contributed by atoms with Crippen molar-refractivity contribution in [2.45, 2.75) is 58.9 Å². The van der Waals surface area contributed by atoms with Gasteiger partial charge in [0.15, 0.2) is 5.96 Å². The third-order valence-corrected chi connectivity index (χ3v) is 5.46. The molecule has 1 aromatic rings. The molecule has 0 aromatic heterocycles. The third-order valence-electron chi connectivity index (χ3n) is 3.52. The maximum Gasteiger partial charge on any atom is 0.191 e. The van der Waals surface area contributed by atoms with Gasteiger partial charge in [-0.2, -0.15) is 0 Å². The number of aliphatic imine (C=N–C) groups is 1. The van der Waals surface area contributed by atoms with E-state index < -0.39 is 10.8 Å². The highest BCUT2D eigenvalue weighted by Crippen LogP contribution is 2.21. The first kappa shape index (κ1) is 21.5. The van der Waals surface area contributed by atoms with Gasteiger partial charge in [0, 0.05) is 47.0 Å². The van der Waals surface area contributed by atoms with Crippen molar-refractivity contribution in [3.05, 3.63) is 29.3 Å². The molecule has 142 valence electrons. The molecule has 0 aliphatic heterocycles. The van der Waals surface area contributed by atoms with Gasteiger partial charge in [0.1, 0.15) is 5.75 Å². The Morgan fingerprint density at radius 2 is 1.96 bits per heavy atom. The Morgan fingerprint density at radius 3 is 2.52 bits per heavy atom. The van der Waals surface area contributed by atoms with Crippen molar-refractivity contribution in [3.63, 3.8) is 0 Å². The van der Waals surface area contributed by atoms with E-state index in [0.717, 1.165) is 11.3 Å². The number of hydrogen-bond acceptors (Lipinski definition) is 3. The molecule has 0 heterocycles. The highest BCUT2D eigenvalue weighted by atomic mass is 32.2. The van der Waals surface area contributed by atoms with E-state index in [9.17, 15) is 4.21 Å². The fourth-order valence-electron chi connectivity index (χ4n) is 2.14. The average Bonchev–Trinajstić information content (AvgIpc) is 2.50. The van der Waals surface area contributed by atoms with Crippen LogP contribution in [0.1, 0.15) is 45.7 Å². The van der Waals surface area contributed by atoms with Crippen LogP contribution >= 0.6 is 0 Å². The molecule has 5 nitrogen and oxygen atoms in total. The van der Waals surface area contributed by atoms with E-state index in [1.54, 1.807) is 7.05 Å². The number of nitrogens with zero attached hydrogens (tertiary/aromatic N) is 1. The van der Waals surface area contributed by atoms with E-state index in [1.807, 2.05) is 34.6 Å². The zero-order valence-corrected chi connectivity index (χ0v) is 17.4. The number of hydrogen-bond donors (Lipinski definition) is 2. The van der Waals surface area contributed by atoms with Crippen LogP contribution in [0.2, 0.25) is 0 Å². The minimum Gasteiger partial charge on any atom is -0.491 e. The fourth-order valence-corrected chi connectivity index (χ4v) is 3.04. The number of nitrogens with one attached hydrogen (secondary N) is 2. The Morgan fingerprint density at radius 1 is 1.28 bits per heavy atom. The molecule has 0 spiro atoms. The summed E-state index contributed by atoms with van der Waals surface area (Å²) in [6, 6.07) is 6.20. The van der Waals surface area contributed by atoms with Gasteiger partial charge in [-0.05, 0) is 53.2 Å². The quantitative estimate of drug-likeness (QED) is 0.574. The lowest BCUT2D eigenvalue weighted by Gasteiger charge is -2.19. The molecule has 6 heteroatoms. The first-order chi connectivity index (χ1) is 11.6. The Kier molecular flexibility index (Phi) is 8.42. The maximum atomic E-state index is 12.1. The topological polar surface area (TPSA) is 62.7 Å². The number of rotatable bonds is 7. The molecule has 0 radical (unpaired) electrons. The highest BCUT2D eigenvalue weighted by Gasteiger charge is 2.18. The van der Waals surface area contributed by atoms with Gasteiger partial charge in [-0.1, -0.05) is 12.1 Å². The van der Waals surface area contributed by atoms with Gasteiger partial charge < -0.3 is 15.4 Å². The lowest BCUT2D eigenvalue weighted by atomic mass is 10.1. The van der Waals surface area contributed by atoms with Gasteiger partial charge >= 0.3 is 0 Å². The maximum absolute atomic E-state index is 12.1. The first-order valence-corrected chi connectivity index (χ1v) is 10.0. The van der Waals surface area contributed by atoms with Gasteiger partial charge in [0.2, 0.25) is 0 Å². The Hall–Kier alpha value is -1.56. The van der Waals surface area contributed by atoms with Crippen molar-refractivity contribution in [3.8, 4) is 5.75 Å². The Balaban J connectivity index is 2.59. The van der Waals surface area contributed by atoms with Crippen molar-refractivity contribution in [1.29, 1.82) is 0 Å². The molecule has 1 unspecified atom stereocenters. The number of aryl methyl sites for hydroxylation is 1. The predicted molar refractivity (Wildman–Crippen MR) is 108 cm³/mol. The molecule has 0 bridgehead atoms. The second-order valence-corrected chi connectivity index (χ2v) is 9.62. The average molecular weight is 368 g/mol. The Labute approximate surface area is 155 Å². The van der Waals surface area contributed by atoms with Crippen molar-refractivity contribution >= 4 is 16.8 Å². The molecule has 0 saturated heterocycles. The van der Waals surface area contributed by atoms with Crippen molar-refractivity contribution in [1.82, 2.24) is 10.6 Å². The lowest BCUT2D eigenvalue weighted by molar-refractivity contribution is 0.239.